The standard InChI is InChI=1S/C13H12N2O3/c1-8-6-11(15-14-7-8)18-12-9(2)4-3-5-10(12)13(16)17/h3-7H,1-2H3,(H,16,17). The second-order valence-corrected chi connectivity index (χ2v) is 3.93. The summed E-state index contributed by atoms with van der Waals surface area (Å²) >= 11 is 0. The van der Waals surface area contributed by atoms with Crippen LogP contribution in [-0.4, -0.2) is 21.3 Å². The van der Waals surface area contributed by atoms with Gasteiger partial charge in [-0.15, -0.1) is 5.10 Å². The Morgan fingerprint density at radius 2 is 2.11 bits per heavy atom. The summed E-state index contributed by atoms with van der Waals surface area (Å²) in [4.78, 5) is 11.1. The van der Waals surface area contributed by atoms with E-state index in [4.69, 9.17) is 9.84 Å². The topological polar surface area (TPSA) is 72.3 Å². The molecule has 1 aromatic heterocycles. The average molecular weight is 244 g/mol. The molecule has 0 aliphatic heterocycles. The molecule has 5 nitrogen and oxygen atoms in total. The molecule has 0 amide bonds. The van der Waals surface area contributed by atoms with Crippen LogP contribution in [0.2, 0.25) is 0 Å². The number of carbonyl (C=O) groups is 1. The molecule has 5 heteroatoms. The maximum absolute atomic E-state index is 11.1. The van der Waals surface area contributed by atoms with Gasteiger partial charge in [-0.2, -0.15) is 5.10 Å². The van der Waals surface area contributed by atoms with Gasteiger partial charge >= 0.3 is 5.97 Å². The van der Waals surface area contributed by atoms with Crippen LogP contribution < -0.4 is 4.74 Å². The third kappa shape index (κ3) is 2.45. The SMILES string of the molecule is Cc1cnnc(Oc2c(C)cccc2C(=O)O)c1. The van der Waals surface area contributed by atoms with Crippen LogP contribution in [-0.2, 0) is 0 Å². The molecule has 0 aliphatic carbocycles. The second-order valence-electron chi connectivity index (χ2n) is 3.93. The van der Waals surface area contributed by atoms with E-state index in [2.05, 4.69) is 10.2 Å². The highest BCUT2D eigenvalue weighted by Crippen LogP contribution is 2.27. The number of aryl methyl sites for hydroxylation is 2. The maximum Gasteiger partial charge on any atom is 0.339 e. The van der Waals surface area contributed by atoms with Gasteiger partial charge in [0.15, 0.2) is 0 Å². The van der Waals surface area contributed by atoms with E-state index in [1.54, 1.807) is 31.3 Å². The largest absolute Gasteiger partial charge is 0.478 e. The van der Waals surface area contributed by atoms with Crippen molar-refractivity contribution in [2.24, 2.45) is 0 Å². The normalized spacial score (nSPS) is 10.1. The van der Waals surface area contributed by atoms with Crippen LogP contribution in [0.1, 0.15) is 21.5 Å². The predicted octanol–water partition coefficient (Wildman–Crippen LogP) is 2.58. The lowest BCUT2D eigenvalue weighted by molar-refractivity contribution is 0.0694. The summed E-state index contributed by atoms with van der Waals surface area (Å²) in [6.45, 7) is 3.64. The van der Waals surface area contributed by atoms with Gasteiger partial charge in [0.05, 0.1) is 6.20 Å². The molecule has 1 heterocycles. The number of carboxylic acid groups (broad SMARTS) is 1. The lowest BCUT2D eigenvalue weighted by atomic mass is 10.1. The van der Waals surface area contributed by atoms with Gasteiger partial charge in [0.25, 0.3) is 0 Å². The third-order valence-electron chi connectivity index (χ3n) is 2.42. The lowest BCUT2D eigenvalue weighted by Crippen LogP contribution is -2.02. The van der Waals surface area contributed by atoms with Crippen molar-refractivity contribution >= 4 is 5.97 Å². The van der Waals surface area contributed by atoms with E-state index in [-0.39, 0.29) is 11.4 Å². The lowest BCUT2D eigenvalue weighted by Gasteiger charge is -2.10. The van der Waals surface area contributed by atoms with Crippen LogP contribution in [0.15, 0.2) is 30.5 Å². The Bertz CT molecular complexity index is 597. The fourth-order valence-corrected chi connectivity index (χ4v) is 1.55. The van der Waals surface area contributed by atoms with E-state index in [9.17, 15) is 4.79 Å². The number of para-hydroxylation sites is 1. The molecule has 0 saturated carbocycles. The van der Waals surface area contributed by atoms with Gasteiger partial charge in [-0.05, 0) is 31.0 Å². The Labute approximate surface area is 104 Å². The number of nitrogens with zero attached hydrogens (tertiary/aromatic N) is 2. The van der Waals surface area contributed by atoms with E-state index in [1.165, 1.54) is 6.07 Å². The minimum Gasteiger partial charge on any atom is -0.478 e. The molecule has 18 heavy (non-hydrogen) atoms. The van der Waals surface area contributed by atoms with E-state index in [1.807, 2.05) is 6.92 Å². The summed E-state index contributed by atoms with van der Waals surface area (Å²) in [5, 5.41) is 16.7. The summed E-state index contributed by atoms with van der Waals surface area (Å²) in [5.74, 6) is -0.453. The fraction of sp³-hybridized carbons (Fsp3) is 0.154. The van der Waals surface area contributed by atoms with Crippen molar-refractivity contribution in [2.75, 3.05) is 0 Å². The summed E-state index contributed by atoms with van der Waals surface area (Å²) < 4.78 is 5.53. The monoisotopic (exact) mass is 244 g/mol. The van der Waals surface area contributed by atoms with Crippen LogP contribution in [0.25, 0.3) is 0 Å². The highest BCUT2D eigenvalue weighted by Gasteiger charge is 2.14. The zero-order chi connectivity index (χ0) is 13.1. The van der Waals surface area contributed by atoms with E-state index >= 15 is 0 Å². The molecule has 0 unspecified atom stereocenters. The molecule has 0 aliphatic rings. The maximum atomic E-state index is 11.1. The van der Waals surface area contributed by atoms with E-state index in [0.717, 1.165) is 11.1 Å². The number of hydrogen-bond acceptors (Lipinski definition) is 4. The molecule has 92 valence electrons. The Kier molecular flexibility index (Phi) is 3.23. The fourth-order valence-electron chi connectivity index (χ4n) is 1.55. The van der Waals surface area contributed by atoms with Gasteiger partial charge in [-0.25, -0.2) is 4.79 Å². The van der Waals surface area contributed by atoms with Crippen LogP contribution >= 0.6 is 0 Å². The molecule has 1 aromatic carbocycles. The van der Waals surface area contributed by atoms with Crippen LogP contribution in [0.5, 0.6) is 11.6 Å². The number of ether oxygens (including phenoxy) is 1. The molecule has 2 aromatic rings. The molecule has 0 spiro atoms. The van der Waals surface area contributed by atoms with E-state index in [0.29, 0.717) is 5.75 Å². The van der Waals surface area contributed by atoms with Crippen molar-refractivity contribution in [1.82, 2.24) is 10.2 Å². The molecule has 0 atom stereocenters. The molecule has 0 saturated heterocycles. The molecular weight excluding hydrogens is 232 g/mol. The van der Waals surface area contributed by atoms with E-state index < -0.39 is 5.97 Å². The van der Waals surface area contributed by atoms with Gasteiger partial charge in [0, 0.05) is 6.07 Å². The minimum atomic E-state index is -1.03. The van der Waals surface area contributed by atoms with Crippen LogP contribution in [0.3, 0.4) is 0 Å². The van der Waals surface area contributed by atoms with Gasteiger partial charge in [0.2, 0.25) is 5.88 Å². The number of aromatic nitrogens is 2. The summed E-state index contributed by atoms with van der Waals surface area (Å²) in [7, 11) is 0. The number of benzene rings is 1. The first-order valence-corrected chi connectivity index (χ1v) is 5.38. The van der Waals surface area contributed by atoms with Crippen molar-refractivity contribution in [1.29, 1.82) is 0 Å². The first-order valence-electron chi connectivity index (χ1n) is 5.38. The Morgan fingerprint density at radius 3 is 2.78 bits per heavy atom. The molecule has 0 bridgehead atoms. The predicted molar refractivity (Wildman–Crippen MR) is 65.0 cm³/mol. The molecule has 1 N–H and O–H groups in total. The van der Waals surface area contributed by atoms with Crippen molar-refractivity contribution in [3.8, 4) is 11.6 Å². The van der Waals surface area contributed by atoms with Gasteiger partial charge in [-0.1, -0.05) is 12.1 Å². The van der Waals surface area contributed by atoms with Gasteiger partial charge in [0.1, 0.15) is 11.3 Å². The Balaban J connectivity index is 2.42. The summed E-state index contributed by atoms with van der Waals surface area (Å²) in [5.41, 5.74) is 1.74. The number of aromatic carboxylic acids is 1. The van der Waals surface area contributed by atoms with Crippen molar-refractivity contribution in [2.45, 2.75) is 13.8 Å². The minimum absolute atomic E-state index is 0.110. The zero-order valence-electron chi connectivity index (χ0n) is 10.0. The zero-order valence-corrected chi connectivity index (χ0v) is 10.0. The van der Waals surface area contributed by atoms with Gasteiger partial charge in [-0.3, -0.25) is 0 Å². The Morgan fingerprint density at radius 1 is 1.33 bits per heavy atom. The highest BCUT2D eigenvalue weighted by atomic mass is 16.5. The number of carboxylic acids is 1. The smallest absolute Gasteiger partial charge is 0.339 e. The summed E-state index contributed by atoms with van der Waals surface area (Å²) in [6, 6.07) is 6.65. The Hall–Kier alpha value is -2.43. The molecule has 2 rings (SSSR count). The first kappa shape index (κ1) is 12.0. The van der Waals surface area contributed by atoms with Crippen molar-refractivity contribution in [3.05, 3.63) is 47.2 Å². The van der Waals surface area contributed by atoms with Gasteiger partial charge < -0.3 is 9.84 Å². The molecule has 0 radical (unpaired) electrons. The van der Waals surface area contributed by atoms with Crippen molar-refractivity contribution < 1.29 is 14.6 Å². The number of rotatable bonds is 3. The highest BCUT2D eigenvalue weighted by molar-refractivity contribution is 5.91. The quantitative estimate of drug-likeness (QED) is 0.898. The summed E-state index contributed by atoms with van der Waals surface area (Å²) in [6.07, 6.45) is 1.60. The number of hydrogen-bond donors (Lipinski definition) is 1. The van der Waals surface area contributed by atoms with Crippen LogP contribution in [0, 0.1) is 13.8 Å². The van der Waals surface area contributed by atoms with Crippen LogP contribution in [0.4, 0.5) is 0 Å². The molecule has 0 fully saturated rings. The molecular formula is C13H12N2O3. The first-order chi connectivity index (χ1) is 8.58. The second kappa shape index (κ2) is 4.83. The van der Waals surface area contributed by atoms with Crippen molar-refractivity contribution in [3.63, 3.8) is 0 Å². The third-order valence-corrected chi connectivity index (χ3v) is 2.42. The average Bonchev–Trinajstić information content (AvgIpc) is 2.31.